The summed E-state index contributed by atoms with van der Waals surface area (Å²) in [5.74, 6) is 0.534. The van der Waals surface area contributed by atoms with Crippen molar-refractivity contribution in [3.63, 3.8) is 0 Å². The molecule has 6 heteroatoms. The van der Waals surface area contributed by atoms with Gasteiger partial charge >= 0.3 is 0 Å². The average molecular weight is 249 g/mol. The van der Waals surface area contributed by atoms with Gasteiger partial charge < -0.3 is 16.4 Å². The Morgan fingerprint density at radius 3 is 3.17 bits per heavy atom. The summed E-state index contributed by atoms with van der Waals surface area (Å²) < 4.78 is 1.83. The number of nitrogens with two attached hydrogens (primary N) is 1. The maximum Gasteiger partial charge on any atom is 0.242 e. The molecule has 0 saturated carbocycles. The molecule has 1 unspecified atom stereocenters. The van der Waals surface area contributed by atoms with Gasteiger partial charge in [0.25, 0.3) is 0 Å². The first kappa shape index (κ1) is 12.8. The molecular formula is C12H19N5O. The molecule has 98 valence electrons. The zero-order valence-electron chi connectivity index (χ0n) is 10.3. The van der Waals surface area contributed by atoms with Crippen LogP contribution in [0.15, 0.2) is 24.9 Å². The highest BCUT2D eigenvalue weighted by Crippen LogP contribution is 2.17. The highest BCUT2D eigenvalue weighted by Gasteiger charge is 2.23. The zero-order chi connectivity index (χ0) is 13.0. The van der Waals surface area contributed by atoms with Gasteiger partial charge in [-0.2, -0.15) is 5.10 Å². The first-order valence-electron chi connectivity index (χ1n) is 6.14. The van der Waals surface area contributed by atoms with Crippen LogP contribution >= 0.6 is 0 Å². The van der Waals surface area contributed by atoms with Crippen molar-refractivity contribution in [1.82, 2.24) is 15.1 Å². The smallest absolute Gasteiger partial charge is 0.242 e. The SMILES string of the molecule is C=CCCC(N)C(=O)Nc1ccnn1C1CNC1. The normalized spacial score (nSPS) is 16.9. The Bertz CT molecular complexity index is 424. The Morgan fingerprint density at radius 1 is 1.78 bits per heavy atom. The van der Waals surface area contributed by atoms with Crippen molar-refractivity contribution in [1.29, 1.82) is 0 Å². The molecule has 0 aromatic carbocycles. The second-order valence-corrected chi connectivity index (χ2v) is 4.43. The summed E-state index contributed by atoms with van der Waals surface area (Å²) in [7, 11) is 0. The van der Waals surface area contributed by atoms with Gasteiger partial charge in [0.05, 0.1) is 18.3 Å². The number of anilines is 1. The van der Waals surface area contributed by atoms with Crippen molar-refractivity contribution >= 4 is 11.7 Å². The minimum absolute atomic E-state index is 0.175. The van der Waals surface area contributed by atoms with Crippen LogP contribution in [0.3, 0.4) is 0 Å². The van der Waals surface area contributed by atoms with E-state index >= 15 is 0 Å². The van der Waals surface area contributed by atoms with E-state index in [0.29, 0.717) is 18.3 Å². The minimum Gasteiger partial charge on any atom is -0.320 e. The molecule has 1 aliphatic rings. The van der Waals surface area contributed by atoms with Gasteiger partial charge in [0, 0.05) is 19.2 Å². The molecule has 1 aromatic rings. The third kappa shape index (κ3) is 2.77. The van der Waals surface area contributed by atoms with E-state index in [9.17, 15) is 4.79 Å². The number of aromatic nitrogens is 2. The Balaban J connectivity index is 1.94. The van der Waals surface area contributed by atoms with Gasteiger partial charge in [-0.05, 0) is 12.8 Å². The lowest BCUT2D eigenvalue weighted by Gasteiger charge is -2.28. The lowest BCUT2D eigenvalue weighted by molar-refractivity contribution is -0.117. The highest BCUT2D eigenvalue weighted by atomic mass is 16.2. The fraction of sp³-hybridized carbons (Fsp3) is 0.500. The lowest BCUT2D eigenvalue weighted by Crippen LogP contribution is -2.44. The quantitative estimate of drug-likeness (QED) is 0.631. The van der Waals surface area contributed by atoms with Gasteiger partial charge in [-0.3, -0.25) is 4.79 Å². The van der Waals surface area contributed by atoms with Crippen molar-refractivity contribution in [2.75, 3.05) is 18.4 Å². The largest absolute Gasteiger partial charge is 0.320 e. The number of amides is 1. The van der Waals surface area contributed by atoms with Crippen LogP contribution in [-0.2, 0) is 4.79 Å². The van der Waals surface area contributed by atoms with Crippen LogP contribution in [0.25, 0.3) is 0 Å². The molecule has 0 radical (unpaired) electrons. The minimum atomic E-state index is -0.508. The maximum absolute atomic E-state index is 11.9. The molecule has 1 fully saturated rings. The van der Waals surface area contributed by atoms with Crippen LogP contribution in [0.4, 0.5) is 5.82 Å². The average Bonchev–Trinajstić information content (AvgIpc) is 2.72. The van der Waals surface area contributed by atoms with E-state index in [2.05, 4.69) is 22.3 Å². The highest BCUT2D eigenvalue weighted by molar-refractivity contribution is 5.93. The molecule has 18 heavy (non-hydrogen) atoms. The molecule has 4 N–H and O–H groups in total. The van der Waals surface area contributed by atoms with Gasteiger partial charge in [0.15, 0.2) is 0 Å². The molecule has 6 nitrogen and oxygen atoms in total. The van der Waals surface area contributed by atoms with Crippen LogP contribution in [-0.4, -0.2) is 34.8 Å². The third-order valence-electron chi connectivity index (χ3n) is 3.05. The molecule has 1 atom stereocenters. The summed E-state index contributed by atoms with van der Waals surface area (Å²) in [6, 6.07) is 1.60. The van der Waals surface area contributed by atoms with E-state index in [-0.39, 0.29) is 5.91 Å². The molecule has 1 aliphatic heterocycles. The van der Waals surface area contributed by atoms with Crippen LogP contribution in [0.1, 0.15) is 18.9 Å². The standard InChI is InChI=1S/C12H19N5O/c1-2-3-4-10(13)12(18)16-11-5-6-15-17(11)9-7-14-8-9/h2,5-6,9-10,14H,1,3-4,7-8,13H2,(H,16,18). The second-order valence-electron chi connectivity index (χ2n) is 4.43. The predicted octanol–water partition coefficient (Wildman–Crippen LogP) is 0.259. The van der Waals surface area contributed by atoms with Gasteiger partial charge in [0.1, 0.15) is 5.82 Å². The zero-order valence-corrected chi connectivity index (χ0v) is 10.3. The Hall–Kier alpha value is -1.66. The number of allylic oxidation sites excluding steroid dienone is 1. The van der Waals surface area contributed by atoms with Crippen molar-refractivity contribution < 1.29 is 4.79 Å². The number of carbonyl (C=O) groups is 1. The molecule has 2 rings (SSSR count). The van der Waals surface area contributed by atoms with E-state index in [1.807, 2.05) is 4.68 Å². The summed E-state index contributed by atoms with van der Waals surface area (Å²) in [4.78, 5) is 11.9. The van der Waals surface area contributed by atoms with E-state index in [1.54, 1.807) is 18.3 Å². The number of carbonyl (C=O) groups excluding carboxylic acids is 1. The van der Waals surface area contributed by atoms with Crippen LogP contribution < -0.4 is 16.4 Å². The fourth-order valence-electron chi connectivity index (χ4n) is 1.80. The summed E-state index contributed by atoms with van der Waals surface area (Å²) in [6.07, 6.45) is 4.79. The fourth-order valence-corrected chi connectivity index (χ4v) is 1.80. The number of hydrogen-bond donors (Lipinski definition) is 3. The topological polar surface area (TPSA) is 85.0 Å². The van der Waals surface area contributed by atoms with E-state index in [1.165, 1.54) is 0 Å². The van der Waals surface area contributed by atoms with Gasteiger partial charge in [-0.1, -0.05) is 6.08 Å². The summed E-state index contributed by atoms with van der Waals surface area (Å²) >= 11 is 0. The maximum atomic E-state index is 11.9. The number of nitrogens with zero attached hydrogens (tertiary/aromatic N) is 2. The molecular weight excluding hydrogens is 230 g/mol. The van der Waals surface area contributed by atoms with Gasteiger partial charge in [-0.25, -0.2) is 4.68 Å². The van der Waals surface area contributed by atoms with Crippen molar-refractivity contribution in [3.8, 4) is 0 Å². The Labute approximate surface area is 106 Å². The van der Waals surface area contributed by atoms with E-state index in [0.717, 1.165) is 19.5 Å². The Kier molecular flexibility index (Phi) is 4.11. The molecule has 2 heterocycles. The van der Waals surface area contributed by atoms with Crippen molar-refractivity contribution in [3.05, 3.63) is 24.9 Å². The van der Waals surface area contributed by atoms with Crippen molar-refractivity contribution in [2.24, 2.45) is 5.73 Å². The third-order valence-corrected chi connectivity index (χ3v) is 3.05. The van der Waals surface area contributed by atoms with Crippen LogP contribution in [0, 0.1) is 0 Å². The predicted molar refractivity (Wildman–Crippen MR) is 70.2 cm³/mol. The molecule has 0 aliphatic carbocycles. The lowest BCUT2D eigenvalue weighted by atomic mass is 10.1. The monoisotopic (exact) mass is 249 g/mol. The second kappa shape index (κ2) is 5.79. The molecule has 1 saturated heterocycles. The van der Waals surface area contributed by atoms with E-state index in [4.69, 9.17) is 5.73 Å². The molecule has 1 aromatic heterocycles. The van der Waals surface area contributed by atoms with Gasteiger partial charge in [-0.15, -0.1) is 6.58 Å². The van der Waals surface area contributed by atoms with E-state index < -0.39 is 6.04 Å². The number of hydrogen-bond acceptors (Lipinski definition) is 4. The number of nitrogens with one attached hydrogen (secondary N) is 2. The summed E-state index contributed by atoms with van der Waals surface area (Å²) in [5.41, 5.74) is 5.79. The molecule has 1 amide bonds. The summed E-state index contributed by atoms with van der Waals surface area (Å²) in [5, 5.41) is 10.2. The first-order valence-corrected chi connectivity index (χ1v) is 6.14. The molecule has 0 spiro atoms. The van der Waals surface area contributed by atoms with Crippen LogP contribution in [0.5, 0.6) is 0 Å². The van der Waals surface area contributed by atoms with Crippen LogP contribution in [0.2, 0.25) is 0 Å². The summed E-state index contributed by atoms with van der Waals surface area (Å²) in [6.45, 7) is 5.38. The van der Waals surface area contributed by atoms with Crippen molar-refractivity contribution in [2.45, 2.75) is 24.9 Å². The first-order chi connectivity index (χ1) is 8.72. The number of rotatable bonds is 6. The molecule has 0 bridgehead atoms. The van der Waals surface area contributed by atoms with Gasteiger partial charge in [0.2, 0.25) is 5.91 Å². The Morgan fingerprint density at radius 2 is 2.56 bits per heavy atom.